The fourth-order valence-corrected chi connectivity index (χ4v) is 3.89. The lowest BCUT2D eigenvalue weighted by Crippen LogP contribution is -2.26. The van der Waals surface area contributed by atoms with E-state index in [4.69, 9.17) is 19.9 Å². The summed E-state index contributed by atoms with van der Waals surface area (Å²) < 4.78 is 35.8. The Morgan fingerprint density at radius 1 is 0.975 bits per heavy atom. The molecule has 0 atom stereocenters. The molecule has 0 spiro atoms. The van der Waals surface area contributed by atoms with E-state index in [9.17, 15) is 18.0 Å². The van der Waals surface area contributed by atoms with E-state index in [0.29, 0.717) is 24.5 Å². The monoisotopic (exact) mass is 550 g/mol. The number of alkyl halides is 3. The van der Waals surface area contributed by atoms with E-state index in [1.807, 2.05) is 78.4 Å². The fraction of sp³-hybridized carbons (Fsp3) is 0.179. The normalized spacial score (nSPS) is 11.1. The second kappa shape index (κ2) is 12.2. The number of halogens is 3. The number of carboxylic acid groups (broad SMARTS) is 1. The summed E-state index contributed by atoms with van der Waals surface area (Å²) in [5.74, 6) is -1.41. The van der Waals surface area contributed by atoms with Gasteiger partial charge in [0.1, 0.15) is 11.5 Å². The molecule has 0 aliphatic carbocycles. The van der Waals surface area contributed by atoms with Gasteiger partial charge in [-0.3, -0.25) is 14.2 Å². The van der Waals surface area contributed by atoms with E-state index in [1.54, 1.807) is 6.20 Å². The molecule has 0 aliphatic rings. The summed E-state index contributed by atoms with van der Waals surface area (Å²) in [7, 11) is 0. The van der Waals surface area contributed by atoms with Gasteiger partial charge >= 0.3 is 12.1 Å². The fourth-order valence-electron chi connectivity index (χ4n) is 3.89. The number of hydrogen-bond donors (Lipinski definition) is 2. The third-order valence-electron chi connectivity index (χ3n) is 5.83. The molecular formula is C28H25F3N6O3. The molecule has 12 heteroatoms. The zero-order valence-corrected chi connectivity index (χ0v) is 21.3. The van der Waals surface area contributed by atoms with E-state index in [-0.39, 0.29) is 5.91 Å². The molecule has 0 radical (unpaired) electrons. The topological polar surface area (TPSA) is 114 Å². The highest BCUT2D eigenvalue weighted by Crippen LogP contribution is 2.23. The number of nitrogens with zero attached hydrogens (tertiary/aromatic N) is 5. The van der Waals surface area contributed by atoms with E-state index < -0.39 is 12.1 Å². The Morgan fingerprint density at radius 2 is 1.68 bits per heavy atom. The van der Waals surface area contributed by atoms with Gasteiger partial charge in [-0.25, -0.2) is 14.8 Å². The zero-order valence-electron chi connectivity index (χ0n) is 21.3. The first kappa shape index (κ1) is 28.0. The van der Waals surface area contributed by atoms with Crippen LogP contribution in [0.4, 0.5) is 13.2 Å². The number of pyridine rings is 2. The summed E-state index contributed by atoms with van der Waals surface area (Å²) in [4.78, 5) is 35.4. The van der Waals surface area contributed by atoms with Crippen molar-refractivity contribution in [3.8, 4) is 11.5 Å². The minimum Gasteiger partial charge on any atom is -0.475 e. The number of hydrogen-bond acceptors (Lipinski definition) is 5. The molecule has 40 heavy (non-hydrogen) atoms. The van der Waals surface area contributed by atoms with Crippen molar-refractivity contribution in [1.29, 1.82) is 0 Å². The van der Waals surface area contributed by atoms with Crippen molar-refractivity contribution in [2.75, 3.05) is 6.54 Å². The summed E-state index contributed by atoms with van der Waals surface area (Å²) in [5, 5.41) is 10.1. The zero-order chi connectivity index (χ0) is 28.7. The van der Waals surface area contributed by atoms with E-state index in [1.165, 1.54) is 5.56 Å². The van der Waals surface area contributed by atoms with Crippen molar-refractivity contribution < 1.29 is 27.9 Å². The van der Waals surface area contributed by atoms with E-state index in [0.717, 1.165) is 29.1 Å². The number of carboxylic acids is 1. The second-order valence-electron chi connectivity index (χ2n) is 8.70. The lowest BCUT2D eigenvalue weighted by Gasteiger charge is -2.04. The van der Waals surface area contributed by atoms with Crippen LogP contribution in [0.2, 0.25) is 0 Å². The van der Waals surface area contributed by atoms with Crippen LogP contribution in [0.5, 0.6) is 0 Å². The van der Waals surface area contributed by atoms with Crippen LogP contribution >= 0.6 is 0 Å². The van der Waals surface area contributed by atoms with Crippen LogP contribution in [0.15, 0.2) is 85.5 Å². The first-order valence-corrected chi connectivity index (χ1v) is 12.2. The molecule has 5 rings (SSSR count). The van der Waals surface area contributed by atoms with Crippen LogP contribution < -0.4 is 5.32 Å². The Balaban J connectivity index is 0.000000470. The van der Waals surface area contributed by atoms with Gasteiger partial charge in [-0.1, -0.05) is 42.5 Å². The Morgan fingerprint density at radius 3 is 2.35 bits per heavy atom. The van der Waals surface area contributed by atoms with E-state index >= 15 is 0 Å². The highest BCUT2D eigenvalue weighted by Gasteiger charge is 2.38. The number of carbonyl (C=O) groups is 2. The highest BCUT2D eigenvalue weighted by molar-refractivity contribution is 6.00. The van der Waals surface area contributed by atoms with Crippen LogP contribution in [0.25, 0.3) is 17.0 Å². The Kier molecular flexibility index (Phi) is 8.57. The molecule has 206 valence electrons. The standard InChI is InChI=1S/C26H24N6O.C2HF3O2/c1-19-29-22(18-31(19)17-21-8-3-2-4-9-21)25-30-24(23-11-5-6-15-32(23)25)26(33)28-14-12-20-10-7-13-27-16-20;3-2(4,5)1(6)7/h2-11,13,15-16,18H,12,14,17H2,1H3,(H,28,33);(H,6,7). The van der Waals surface area contributed by atoms with Crippen molar-refractivity contribution in [3.05, 3.63) is 108 Å². The molecule has 2 N–H and O–H groups in total. The number of rotatable bonds is 7. The van der Waals surface area contributed by atoms with Crippen molar-refractivity contribution in [2.45, 2.75) is 26.1 Å². The molecule has 0 aliphatic heterocycles. The van der Waals surface area contributed by atoms with Crippen LogP contribution in [-0.2, 0) is 17.8 Å². The number of nitrogens with one attached hydrogen (secondary N) is 1. The smallest absolute Gasteiger partial charge is 0.475 e. The third kappa shape index (κ3) is 6.90. The number of aryl methyl sites for hydroxylation is 1. The highest BCUT2D eigenvalue weighted by atomic mass is 19.4. The minimum absolute atomic E-state index is 0.200. The molecule has 5 aromatic rings. The Labute approximate surface area is 227 Å². The molecule has 0 fully saturated rings. The third-order valence-corrected chi connectivity index (χ3v) is 5.83. The van der Waals surface area contributed by atoms with Gasteiger partial charge in [0.05, 0.1) is 5.52 Å². The van der Waals surface area contributed by atoms with Crippen molar-refractivity contribution in [3.63, 3.8) is 0 Å². The van der Waals surface area contributed by atoms with Crippen molar-refractivity contribution in [2.24, 2.45) is 0 Å². The molecule has 1 amide bonds. The number of benzene rings is 1. The number of imidazole rings is 2. The van der Waals surface area contributed by atoms with Crippen molar-refractivity contribution in [1.82, 2.24) is 29.2 Å². The number of aliphatic carboxylic acids is 1. The van der Waals surface area contributed by atoms with Crippen LogP contribution in [0.3, 0.4) is 0 Å². The van der Waals surface area contributed by atoms with Gasteiger partial charge in [0, 0.05) is 37.9 Å². The van der Waals surface area contributed by atoms with Gasteiger partial charge in [0.15, 0.2) is 11.5 Å². The SMILES string of the molecule is Cc1nc(-c2nc(C(=O)NCCc3cccnc3)c3ccccn23)cn1Cc1ccccc1.O=C(O)C(F)(F)F. The second-order valence-corrected chi connectivity index (χ2v) is 8.70. The minimum atomic E-state index is -5.08. The predicted molar refractivity (Wildman–Crippen MR) is 141 cm³/mol. The van der Waals surface area contributed by atoms with Crippen molar-refractivity contribution >= 4 is 17.4 Å². The lowest BCUT2D eigenvalue weighted by molar-refractivity contribution is -0.192. The van der Waals surface area contributed by atoms with Crippen LogP contribution in [0.1, 0.15) is 27.4 Å². The van der Waals surface area contributed by atoms with Gasteiger partial charge in [0.2, 0.25) is 0 Å². The average Bonchev–Trinajstić information content (AvgIpc) is 3.50. The van der Waals surface area contributed by atoms with Gasteiger partial charge in [-0.2, -0.15) is 13.2 Å². The van der Waals surface area contributed by atoms with Crippen LogP contribution in [-0.4, -0.2) is 53.6 Å². The summed E-state index contributed by atoms with van der Waals surface area (Å²) in [6, 6.07) is 19.9. The van der Waals surface area contributed by atoms with Gasteiger partial charge in [0.25, 0.3) is 5.91 Å². The molecule has 4 aromatic heterocycles. The first-order valence-electron chi connectivity index (χ1n) is 12.2. The maximum absolute atomic E-state index is 13.0. The number of aromatic nitrogens is 5. The summed E-state index contributed by atoms with van der Waals surface area (Å²) >= 11 is 0. The quantitative estimate of drug-likeness (QED) is 0.307. The van der Waals surface area contributed by atoms with E-state index in [2.05, 4.69) is 27.0 Å². The Hall–Kier alpha value is -5.00. The lowest BCUT2D eigenvalue weighted by atomic mass is 10.2. The molecule has 9 nitrogen and oxygen atoms in total. The summed E-state index contributed by atoms with van der Waals surface area (Å²) in [5.41, 5.74) is 4.16. The molecule has 1 aromatic carbocycles. The molecular weight excluding hydrogens is 525 g/mol. The van der Waals surface area contributed by atoms with Gasteiger partial charge in [-0.05, 0) is 42.7 Å². The van der Waals surface area contributed by atoms with Gasteiger partial charge < -0.3 is 15.0 Å². The van der Waals surface area contributed by atoms with Gasteiger partial charge in [-0.15, -0.1) is 0 Å². The first-order chi connectivity index (χ1) is 19.1. The largest absolute Gasteiger partial charge is 0.490 e. The summed E-state index contributed by atoms with van der Waals surface area (Å²) in [6.07, 6.45) is 3.08. The Bertz CT molecular complexity index is 1600. The molecule has 4 heterocycles. The molecule has 0 bridgehead atoms. The number of amides is 1. The maximum atomic E-state index is 13.0. The summed E-state index contributed by atoms with van der Waals surface area (Å²) in [6.45, 7) is 3.22. The molecule has 0 unspecified atom stereocenters. The average molecular weight is 551 g/mol. The molecule has 0 saturated heterocycles. The predicted octanol–water partition coefficient (Wildman–Crippen LogP) is 4.56. The number of fused-ring (bicyclic) bond motifs is 1. The van der Waals surface area contributed by atoms with Crippen LogP contribution in [0, 0.1) is 6.92 Å². The maximum Gasteiger partial charge on any atom is 0.490 e. The number of carbonyl (C=O) groups excluding carboxylic acids is 1. The molecule has 0 saturated carbocycles.